The van der Waals surface area contributed by atoms with Gasteiger partial charge in [-0.2, -0.15) is 5.21 Å². The third-order valence-corrected chi connectivity index (χ3v) is 6.24. The summed E-state index contributed by atoms with van der Waals surface area (Å²) in [6.07, 6.45) is 2.73. The summed E-state index contributed by atoms with van der Waals surface area (Å²) in [7, 11) is 0. The van der Waals surface area contributed by atoms with Gasteiger partial charge in [0.25, 0.3) is 11.9 Å². The quantitative estimate of drug-likeness (QED) is 0.596. The minimum atomic E-state index is -1.16. The smallest absolute Gasteiger partial charge is 0.272 e. The van der Waals surface area contributed by atoms with Crippen LogP contribution in [0.2, 0.25) is 0 Å². The van der Waals surface area contributed by atoms with Crippen molar-refractivity contribution in [1.29, 1.82) is 0 Å². The molecule has 3 aromatic rings. The van der Waals surface area contributed by atoms with E-state index in [1.165, 1.54) is 12.1 Å². The maximum atomic E-state index is 14.3. The zero-order valence-electron chi connectivity index (χ0n) is 16.4. The van der Waals surface area contributed by atoms with Crippen LogP contribution in [0.5, 0.6) is 11.5 Å². The Hall–Kier alpha value is -2.82. The number of carbonyl (C=O) groups is 1. The van der Waals surface area contributed by atoms with Crippen LogP contribution in [0, 0.1) is 17.7 Å². The predicted octanol–water partition coefficient (Wildman–Crippen LogP) is 4.32. The molecular formula is C19H21F2N5O3S. The number of fused-ring (bicyclic) bond motifs is 1. The number of aromatic nitrogens is 4. The molecule has 1 aliphatic rings. The lowest BCUT2D eigenvalue weighted by molar-refractivity contribution is 0.0961. The third-order valence-electron chi connectivity index (χ3n) is 5.10. The Kier molecular flexibility index (Phi) is 5.80. The summed E-state index contributed by atoms with van der Waals surface area (Å²) in [5, 5.41) is 16.1. The van der Waals surface area contributed by atoms with Crippen molar-refractivity contribution >= 4 is 33.3 Å². The van der Waals surface area contributed by atoms with Gasteiger partial charge < -0.3 is 9.47 Å². The van der Waals surface area contributed by atoms with E-state index in [9.17, 15) is 13.6 Å². The van der Waals surface area contributed by atoms with E-state index in [4.69, 9.17) is 9.47 Å². The second-order valence-electron chi connectivity index (χ2n) is 7.64. The molecule has 8 nitrogen and oxygen atoms in total. The molecule has 2 unspecified atom stereocenters. The van der Waals surface area contributed by atoms with Crippen molar-refractivity contribution in [3.05, 3.63) is 22.8 Å². The number of ether oxygens (including phenoxy) is 2. The van der Waals surface area contributed by atoms with Gasteiger partial charge in [0.1, 0.15) is 4.88 Å². The highest BCUT2D eigenvalue weighted by Gasteiger charge is 2.29. The predicted molar refractivity (Wildman–Crippen MR) is 107 cm³/mol. The summed E-state index contributed by atoms with van der Waals surface area (Å²) in [6, 6.07) is 2.59. The zero-order chi connectivity index (χ0) is 21.3. The number of rotatable bonds is 6. The van der Waals surface area contributed by atoms with Crippen molar-refractivity contribution in [3.63, 3.8) is 0 Å². The maximum absolute atomic E-state index is 14.3. The molecule has 1 aliphatic carbocycles. The standard InChI is InChI=1S/C19H21F2N5O3S/c1-9-3-10(2)5-11(4-9)29-16-12-6-14(28-8-20)13(21)7-15(12)30-17(16)18(27)22-19-23-25-26-24-19/h6-7,9-11H,3-5,8H2,1-2H3,(H2,22,23,24,25,26,27). The van der Waals surface area contributed by atoms with Crippen LogP contribution in [0.3, 0.4) is 0 Å². The van der Waals surface area contributed by atoms with Crippen LogP contribution in [-0.4, -0.2) is 39.5 Å². The van der Waals surface area contributed by atoms with Crippen molar-refractivity contribution < 1.29 is 23.0 Å². The normalized spacial score (nSPS) is 21.5. The van der Waals surface area contributed by atoms with Gasteiger partial charge in [-0.1, -0.05) is 18.9 Å². The Labute approximate surface area is 174 Å². The first kappa shape index (κ1) is 20.5. The number of hydrogen-bond acceptors (Lipinski definition) is 7. The van der Waals surface area contributed by atoms with Crippen LogP contribution in [0.4, 0.5) is 14.7 Å². The minimum Gasteiger partial charge on any atom is -0.488 e. The highest BCUT2D eigenvalue weighted by Crippen LogP contribution is 2.43. The number of thiophene rings is 1. The molecule has 4 rings (SSSR count). The van der Waals surface area contributed by atoms with E-state index in [-0.39, 0.29) is 22.7 Å². The number of hydrogen-bond donors (Lipinski definition) is 2. The van der Waals surface area contributed by atoms with Crippen molar-refractivity contribution in [1.82, 2.24) is 20.6 Å². The number of nitrogens with one attached hydrogen (secondary N) is 2. The van der Waals surface area contributed by atoms with E-state index in [0.29, 0.717) is 27.7 Å². The summed E-state index contributed by atoms with van der Waals surface area (Å²) in [5.74, 6) is -0.132. The minimum absolute atomic E-state index is 0.0101. The lowest BCUT2D eigenvalue weighted by atomic mass is 9.82. The van der Waals surface area contributed by atoms with Crippen LogP contribution in [0.15, 0.2) is 12.1 Å². The van der Waals surface area contributed by atoms with Gasteiger partial charge in [0.2, 0.25) is 6.86 Å². The largest absolute Gasteiger partial charge is 0.488 e. The lowest BCUT2D eigenvalue weighted by Crippen LogP contribution is -2.29. The molecule has 160 valence electrons. The molecule has 0 radical (unpaired) electrons. The van der Waals surface area contributed by atoms with Crippen molar-refractivity contribution in [2.75, 3.05) is 12.2 Å². The van der Waals surface area contributed by atoms with E-state index in [1.807, 2.05) is 0 Å². The van der Waals surface area contributed by atoms with E-state index in [1.54, 1.807) is 0 Å². The lowest BCUT2D eigenvalue weighted by Gasteiger charge is -2.31. The fourth-order valence-corrected chi connectivity index (χ4v) is 5.06. The van der Waals surface area contributed by atoms with Gasteiger partial charge in [-0.15, -0.1) is 16.4 Å². The number of nitrogens with zero attached hydrogens (tertiary/aromatic N) is 3. The molecule has 2 aromatic heterocycles. The molecule has 2 heterocycles. The summed E-state index contributed by atoms with van der Waals surface area (Å²) < 4.78 is 38.5. The first-order valence-electron chi connectivity index (χ1n) is 9.60. The summed E-state index contributed by atoms with van der Waals surface area (Å²) in [6.45, 7) is 3.18. The van der Waals surface area contributed by atoms with E-state index in [2.05, 4.69) is 39.8 Å². The number of carbonyl (C=O) groups excluding carboxylic acids is 1. The van der Waals surface area contributed by atoms with Gasteiger partial charge in [-0.25, -0.2) is 8.78 Å². The van der Waals surface area contributed by atoms with Crippen LogP contribution >= 0.6 is 11.3 Å². The van der Waals surface area contributed by atoms with Gasteiger partial charge in [0.05, 0.1) is 6.10 Å². The molecule has 0 bridgehead atoms. The van der Waals surface area contributed by atoms with Crippen LogP contribution in [0.25, 0.3) is 10.1 Å². The molecule has 0 aliphatic heterocycles. The number of tetrazole rings is 1. The topological polar surface area (TPSA) is 102 Å². The molecule has 2 N–H and O–H groups in total. The van der Waals surface area contributed by atoms with E-state index < -0.39 is 18.6 Å². The van der Waals surface area contributed by atoms with Gasteiger partial charge in [-0.05, 0) is 48.4 Å². The maximum Gasteiger partial charge on any atom is 0.272 e. The Bertz CT molecular complexity index is 1030. The number of amides is 1. The molecule has 0 saturated heterocycles. The molecule has 1 fully saturated rings. The average molecular weight is 437 g/mol. The number of alkyl halides is 1. The number of halogens is 2. The molecule has 1 amide bonds. The molecule has 2 atom stereocenters. The second kappa shape index (κ2) is 8.50. The molecular weight excluding hydrogens is 416 g/mol. The van der Waals surface area contributed by atoms with Gasteiger partial charge in [-0.3, -0.25) is 10.1 Å². The van der Waals surface area contributed by atoms with E-state index >= 15 is 0 Å². The summed E-state index contributed by atoms with van der Waals surface area (Å²) in [4.78, 5) is 13.1. The Morgan fingerprint density at radius 1 is 1.30 bits per heavy atom. The van der Waals surface area contributed by atoms with Gasteiger partial charge in [0, 0.05) is 10.1 Å². The van der Waals surface area contributed by atoms with Gasteiger partial charge in [0.15, 0.2) is 17.3 Å². The van der Waals surface area contributed by atoms with Gasteiger partial charge >= 0.3 is 0 Å². The van der Waals surface area contributed by atoms with Crippen molar-refractivity contribution in [2.24, 2.45) is 11.8 Å². The fraction of sp³-hybridized carbons (Fsp3) is 0.474. The molecule has 1 saturated carbocycles. The first-order valence-corrected chi connectivity index (χ1v) is 10.4. The molecule has 0 spiro atoms. The first-order chi connectivity index (χ1) is 14.4. The zero-order valence-corrected chi connectivity index (χ0v) is 17.3. The monoisotopic (exact) mass is 437 g/mol. The SMILES string of the molecule is CC1CC(C)CC(Oc2c(C(=O)Nc3nn[nH]n3)sc3cc(F)c(OCF)cc23)C1. The van der Waals surface area contributed by atoms with Crippen LogP contribution < -0.4 is 14.8 Å². The Balaban J connectivity index is 1.74. The summed E-state index contributed by atoms with van der Waals surface area (Å²) >= 11 is 1.07. The van der Waals surface area contributed by atoms with Crippen LogP contribution in [-0.2, 0) is 0 Å². The molecule has 30 heavy (non-hydrogen) atoms. The fourth-order valence-electron chi connectivity index (χ4n) is 4.02. The van der Waals surface area contributed by atoms with Crippen LogP contribution in [0.1, 0.15) is 42.8 Å². The highest BCUT2D eigenvalue weighted by atomic mass is 32.1. The number of H-pyrrole nitrogens is 1. The third kappa shape index (κ3) is 4.20. The highest BCUT2D eigenvalue weighted by molar-refractivity contribution is 7.21. The Morgan fingerprint density at radius 2 is 2.07 bits per heavy atom. The second-order valence-corrected chi connectivity index (χ2v) is 8.69. The van der Waals surface area contributed by atoms with Crippen molar-refractivity contribution in [2.45, 2.75) is 39.2 Å². The number of benzene rings is 1. The number of anilines is 1. The Morgan fingerprint density at radius 3 is 2.73 bits per heavy atom. The molecule has 1 aromatic carbocycles. The van der Waals surface area contributed by atoms with Crippen molar-refractivity contribution in [3.8, 4) is 11.5 Å². The molecule has 11 heteroatoms. The average Bonchev–Trinajstić information content (AvgIpc) is 3.30. The number of aromatic amines is 1. The summed E-state index contributed by atoms with van der Waals surface area (Å²) in [5.41, 5.74) is 0. The van der Waals surface area contributed by atoms with E-state index in [0.717, 1.165) is 30.6 Å².